The number of benzene rings is 2. The highest BCUT2D eigenvalue weighted by Crippen LogP contribution is 2.22. The standard InChI is InChI=1S/C19H17FN4/c1-13-6-2-3-8-15(13)12-24-19(22)16(11-21)18(23-24)10-14-7-4-5-9-17(14)20/h2-9H,10,12,22H2,1H3. The van der Waals surface area contributed by atoms with E-state index in [2.05, 4.69) is 11.2 Å². The van der Waals surface area contributed by atoms with E-state index in [0.29, 0.717) is 29.2 Å². The van der Waals surface area contributed by atoms with Crippen LogP contribution in [0, 0.1) is 24.1 Å². The minimum atomic E-state index is -0.312. The molecule has 120 valence electrons. The fourth-order valence-corrected chi connectivity index (χ4v) is 2.66. The predicted molar refractivity (Wildman–Crippen MR) is 90.8 cm³/mol. The van der Waals surface area contributed by atoms with Crippen molar-refractivity contribution in [2.45, 2.75) is 19.9 Å². The van der Waals surface area contributed by atoms with Crippen molar-refractivity contribution in [3.63, 3.8) is 0 Å². The predicted octanol–water partition coefficient (Wildman–Crippen LogP) is 3.42. The lowest BCUT2D eigenvalue weighted by atomic mass is 10.1. The second-order valence-corrected chi connectivity index (χ2v) is 5.67. The summed E-state index contributed by atoms with van der Waals surface area (Å²) in [6.45, 7) is 2.49. The van der Waals surface area contributed by atoms with Gasteiger partial charge in [0.2, 0.25) is 0 Å². The van der Waals surface area contributed by atoms with Crippen LogP contribution >= 0.6 is 0 Å². The van der Waals surface area contributed by atoms with Gasteiger partial charge in [-0.1, -0.05) is 42.5 Å². The molecule has 0 aliphatic carbocycles. The van der Waals surface area contributed by atoms with Crippen molar-refractivity contribution >= 4 is 5.82 Å². The molecule has 0 atom stereocenters. The van der Waals surface area contributed by atoms with E-state index in [-0.39, 0.29) is 12.2 Å². The number of aryl methyl sites for hydroxylation is 1. The fourth-order valence-electron chi connectivity index (χ4n) is 2.66. The quantitative estimate of drug-likeness (QED) is 0.801. The summed E-state index contributed by atoms with van der Waals surface area (Å²) in [6, 6.07) is 16.5. The van der Waals surface area contributed by atoms with Gasteiger partial charge in [-0.2, -0.15) is 10.4 Å². The number of hydrogen-bond acceptors (Lipinski definition) is 3. The van der Waals surface area contributed by atoms with E-state index < -0.39 is 0 Å². The Kier molecular flexibility index (Phi) is 4.30. The van der Waals surface area contributed by atoms with E-state index in [1.807, 2.05) is 31.2 Å². The van der Waals surface area contributed by atoms with Crippen LogP contribution in [0.3, 0.4) is 0 Å². The zero-order valence-electron chi connectivity index (χ0n) is 13.3. The maximum atomic E-state index is 13.9. The Morgan fingerprint density at radius 3 is 2.46 bits per heavy atom. The molecule has 1 heterocycles. The molecule has 3 rings (SSSR count). The fraction of sp³-hybridized carbons (Fsp3) is 0.158. The Balaban J connectivity index is 1.96. The summed E-state index contributed by atoms with van der Waals surface area (Å²) in [5, 5.41) is 13.9. The van der Waals surface area contributed by atoms with Crippen molar-refractivity contribution in [3.8, 4) is 6.07 Å². The minimum absolute atomic E-state index is 0.237. The molecule has 0 saturated carbocycles. The van der Waals surface area contributed by atoms with Crippen molar-refractivity contribution in [3.05, 3.63) is 82.3 Å². The summed E-state index contributed by atoms with van der Waals surface area (Å²) in [6.07, 6.45) is 0.237. The monoisotopic (exact) mass is 320 g/mol. The number of hydrogen-bond donors (Lipinski definition) is 1. The van der Waals surface area contributed by atoms with E-state index in [1.54, 1.807) is 22.9 Å². The highest BCUT2D eigenvalue weighted by Gasteiger charge is 2.17. The molecule has 0 spiro atoms. The Morgan fingerprint density at radius 1 is 1.12 bits per heavy atom. The molecule has 0 amide bonds. The molecule has 2 aromatic carbocycles. The summed E-state index contributed by atoms with van der Waals surface area (Å²) in [5.41, 5.74) is 9.59. The number of anilines is 1. The van der Waals surface area contributed by atoms with Gasteiger partial charge in [0.05, 0.1) is 12.2 Å². The Morgan fingerprint density at radius 2 is 1.79 bits per heavy atom. The first-order valence-electron chi connectivity index (χ1n) is 7.63. The van der Waals surface area contributed by atoms with Gasteiger partial charge in [0.1, 0.15) is 23.3 Å². The highest BCUT2D eigenvalue weighted by atomic mass is 19.1. The molecule has 0 fully saturated rings. The van der Waals surface area contributed by atoms with Crippen molar-refractivity contribution < 1.29 is 4.39 Å². The molecule has 1 aromatic heterocycles. The van der Waals surface area contributed by atoms with Gasteiger partial charge >= 0.3 is 0 Å². The summed E-state index contributed by atoms with van der Waals surface area (Å²) in [5.74, 6) is 0.000470. The first-order valence-corrected chi connectivity index (χ1v) is 7.63. The third-order valence-electron chi connectivity index (χ3n) is 4.07. The molecule has 0 saturated heterocycles. The van der Waals surface area contributed by atoms with Crippen LogP contribution < -0.4 is 5.73 Å². The van der Waals surface area contributed by atoms with Gasteiger partial charge < -0.3 is 5.73 Å². The first kappa shape index (κ1) is 15.8. The number of halogens is 1. The normalized spacial score (nSPS) is 10.5. The Hall–Kier alpha value is -3.13. The summed E-state index contributed by atoms with van der Waals surface area (Å²) >= 11 is 0. The molecule has 5 heteroatoms. The van der Waals surface area contributed by atoms with E-state index >= 15 is 0 Å². The second-order valence-electron chi connectivity index (χ2n) is 5.67. The number of nitrogens with two attached hydrogens (primary N) is 1. The van der Waals surface area contributed by atoms with Gasteiger partial charge in [0.15, 0.2) is 0 Å². The van der Waals surface area contributed by atoms with Gasteiger partial charge in [-0.05, 0) is 29.7 Å². The zero-order valence-corrected chi connectivity index (χ0v) is 13.3. The van der Waals surface area contributed by atoms with Gasteiger partial charge in [0.25, 0.3) is 0 Å². The van der Waals surface area contributed by atoms with Crippen molar-refractivity contribution in [2.24, 2.45) is 0 Å². The molecule has 3 aromatic rings. The Bertz CT molecular complexity index is 921. The molecule has 0 aliphatic heterocycles. The average Bonchev–Trinajstić information content (AvgIpc) is 2.87. The third-order valence-corrected chi connectivity index (χ3v) is 4.07. The molecular weight excluding hydrogens is 303 g/mol. The van der Waals surface area contributed by atoms with Gasteiger partial charge in [-0.15, -0.1) is 0 Å². The topological polar surface area (TPSA) is 67.6 Å². The molecule has 0 aliphatic rings. The number of rotatable bonds is 4. The molecule has 0 radical (unpaired) electrons. The van der Waals surface area contributed by atoms with E-state index in [9.17, 15) is 9.65 Å². The van der Waals surface area contributed by atoms with Crippen molar-refractivity contribution in [1.82, 2.24) is 9.78 Å². The van der Waals surface area contributed by atoms with Crippen LogP contribution in [0.25, 0.3) is 0 Å². The van der Waals surface area contributed by atoms with Gasteiger partial charge in [-0.25, -0.2) is 9.07 Å². The number of aromatic nitrogens is 2. The zero-order chi connectivity index (χ0) is 17.1. The second kappa shape index (κ2) is 6.55. The maximum Gasteiger partial charge on any atom is 0.140 e. The van der Waals surface area contributed by atoms with Gasteiger partial charge in [0, 0.05) is 6.42 Å². The van der Waals surface area contributed by atoms with Crippen LogP contribution in [-0.2, 0) is 13.0 Å². The lowest BCUT2D eigenvalue weighted by Crippen LogP contribution is -2.07. The molecule has 0 bridgehead atoms. The molecular formula is C19H17FN4. The summed E-state index contributed by atoms with van der Waals surface area (Å²) in [4.78, 5) is 0. The number of nitrogens with zero attached hydrogens (tertiary/aromatic N) is 3. The molecule has 2 N–H and O–H groups in total. The molecule has 4 nitrogen and oxygen atoms in total. The number of nitriles is 1. The summed E-state index contributed by atoms with van der Waals surface area (Å²) in [7, 11) is 0. The SMILES string of the molecule is Cc1ccccc1Cn1nc(Cc2ccccc2F)c(C#N)c1N. The number of nitrogen functional groups attached to an aromatic ring is 1. The molecule has 0 unspecified atom stereocenters. The van der Waals surface area contributed by atoms with E-state index in [1.165, 1.54) is 6.07 Å². The van der Waals surface area contributed by atoms with Gasteiger partial charge in [-0.3, -0.25) is 0 Å². The largest absolute Gasteiger partial charge is 0.383 e. The van der Waals surface area contributed by atoms with Crippen LogP contribution in [0.5, 0.6) is 0 Å². The van der Waals surface area contributed by atoms with Crippen LogP contribution in [0.2, 0.25) is 0 Å². The molecule has 24 heavy (non-hydrogen) atoms. The lowest BCUT2D eigenvalue weighted by Gasteiger charge is -2.07. The highest BCUT2D eigenvalue weighted by molar-refractivity contribution is 5.53. The third kappa shape index (κ3) is 2.99. The van der Waals surface area contributed by atoms with Crippen LogP contribution in [0.1, 0.15) is 27.9 Å². The van der Waals surface area contributed by atoms with Crippen LogP contribution in [0.4, 0.5) is 10.2 Å². The average molecular weight is 320 g/mol. The van der Waals surface area contributed by atoms with E-state index in [0.717, 1.165) is 11.1 Å². The summed E-state index contributed by atoms with van der Waals surface area (Å²) < 4.78 is 15.5. The maximum absolute atomic E-state index is 13.9. The van der Waals surface area contributed by atoms with Crippen LogP contribution in [0.15, 0.2) is 48.5 Å². The van der Waals surface area contributed by atoms with Crippen LogP contribution in [-0.4, -0.2) is 9.78 Å². The smallest absolute Gasteiger partial charge is 0.140 e. The van der Waals surface area contributed by atoms with Crippen molar-refractivity contribution in [2.75, 3.05) is 5.73 Å². The van der Waals surface area contributed by atoms with E-state index in [4.69, 9.17) is 5.73 Å². The first-order chi connectivity index (χ1) is 11.6. The van der Waals surface area contributed by atoms with Crippen molar-refractivity contribution in [1.29, 1.82) is 5.26 Å². The lowest BCUT2D eigenvalue weighted by molar-refractivity contribution is 0.611. The minimum Gasteiger partial charge on any atom is -0.383 e. The Labute approximate surface area is 140 Å².